The average Bonchev–Trinajstić information content (AvgIpc) is 3.63. The number of hydrogen-bond acceptors (Lipinski definition) is 2. The van der Waals surface area contributed by atoms with E-state index in [9.17, 15) is 0 Å². The molecule has 4 bridgehead atoms. The summed E-state index contributed by atoms with van der Waals surface area (Å²) in [6.45, 7) is 4.85. The Morgan fingerprint density at radius 2 is 0.831 bits per heavy atom. The molecular formula is C69H70N2. The van der Waals surface area contributed by atoms with Crippen LogP contribution in [-0.2, 0) is 31.1 Å². The van der Waals surface area contributed by atoms with Crippen LogP contribution < -0.4 is 9.80 Å². The van der Waals surface area contributed by atoms with E-state index in [2.05, 4.69) is 206 Å². The van der Waals surface area contributed by atoms with Gasteiger partial charge in [0.1, 0.15) is 0 Å². The number of rotatable bonds is 9. The Balaban J connectivity index is 0.975. The van der Waals surface area contributed by atoms with E-state index in [1.165, 1.54) is 178 Å². The SMILES string of the molecule is CC1(C)c2ccccc2-c2cc(-c3ccccc3)c(N(c3ccc(C4CCCCCCC4)cc3)c3cc4ccc3CCc3ccc(c(N(c5ccccc5)c5ccc(C6CCCCC6)cc5)c3)CC4)cc21. The highest BCUT2D eigenvalue weighted by atomic mass is 15.2. The van der Waals surface area contributed by atoms with Crippen molar-refractivity contribution in [2.24, 2.45) is 0 Å². The van der Waals surface area contributed by atoms with Gasteiger partial charge in [-0.1, -0.05) is 187 Å². The van der Waals surface area contributed by atoms with E-state index in [4.69, 9.17) is 0 Å². The van der Waals surface area contributed by atoms with Crippen molar-refractivity contribution in [2.45, 2.75) is 134 Å². The van der Waals surface area contributed by atoms with Gasteiger partial charge in [0, 0.05) is 39.4 Å². The molecule has 2 fully saturated rings. The summed E-state index contributed by atoms with van der Waals surface area (Å²) in [5.41, 5.74) is 23.9. The van der Waals surface area contributed by atoms with Crippen LogP contribution >= 0.6 is 0 Å². The van der Waals surface area contributed by atoms with Crippen molar-refractivity contribution < 1.29 is 0 Å². The third-order valence-corrected chi connectivity index (χ3v) is 17.1. The Kier molecular flexibility index (Phi) is 12.7. The van der Waals surface area contributed by atoms with Crippen molar-refractivity contribution in [3.8, 4) is 22.3 Å². The van der Waals surface area contributed by atoms with Gasteiger partial charge in [0.05, 0.1) is 5.69 Å². The fraction of sp³-hybridized carbons (Fsp3) is 0.304. The van der Waals surface area contributed by atoms with Crippen LogP contribution in [0, 0.1) is 0 Å². The average molecular weight is 927 g/mol. The van der Waals surface area contributed by atoms with Crippen LogP contribution in [0.5, 0.6) is 0 Å². The minimum Gasteiger partial charge on any atom is -0.310 e. The molecule has 0 saturated heterocycles. The molecule has 2 saturated carbocycles. The Morgan fingerprint density at radius 3 is 1.42 bits per heavy atom. The zero-order valence-corrected chi connectivity index (χ0v) is 42.2. The predicted molar refractivity (Wildman–Crippen MR) is 301 cm³/mol. The zero-order chi connectivity index (χ0) is 47.7. The summed E-state index contributed by atoms with van der Waals surface area (Å²) >= 11 is 0. The fourth-order valence-electron chi connectivity index (χ4n) is 13.1. The monoisotopic (exact) mass is 927 g/mol. The summed E-state index contributed by atoms with van der Waals surface area (Å²) in [5.74, 6) is 1.32. The highest BCUT2D eigenvalue weighted by Gasteiger charge is 2.37. The molecule has 356 valence electrons. The molecule has 0 N–H and O–H groups in total. The lowest BCUT2D eigenvalue weighted by molar-refractivity contribution is 0.443. The Morgan fingerprint density at radius 1 is 0.352 bits per heavy atom. The molecule has 0 heterocycles. The fourth-order valence-corrected chi connectivity index (χ4v) is 13.1. The maximum Gasteiger partial charge on any atom is 0.0543 e. The van der Waals surface area contributed by atoms with Crippen molar-refractivity contribution >= 4 is 34.1 Å². The molecule has 0 aromatic heterocycles. The van der Waals surface area contributed by atoms with E-state index < -0.39 is 0 Å². The molecular weight excluding hydrogens is 857 g/mol. The first-order valence-electron chi connectivity index (χ1n) is 27.4. The molecule has 15 rings (SSSR count). The van der Waals surface area contributed by atoms with Gasteiger partial charge >= 0.3 is 0 Å². The van der Waals surface area contributed by atoms with Gasteiger partial charge in [0.15, 0.2) is 0 Å². The molecule has 2 heteroatoms. The Labute approximate surface area is 424 Å². The summed E-state index contributed by atoms with van der Waals surface area (Å²) in [4.78, 5) is 5.19. The molecule has 8 aromatic rings. The normalized spacial score (nSPS) is 16.8. The second kappa shape index (κ2) is 19.9. The molecule has 0 spiro atoms. The van der Waals surface area contributed by atoms with Gasteiger partial charge in [-0.3, -0.25) is 0 Å². The topological polar surface area (TPSA) is 6.48 Å². The quantitative estimate of drug-likeness (QED) is 0.142. The van der Waals surface area contributed by atoms with Crippen LogP contribution in [0.25, 0.3) is 22.3 Å². The molecule has 7 aliphatic carbocycles. The Bertz CT molecular complexity index is 3110. The van der Waals surface area contributed by atoms with Crippen molar-refractivity contribution in [3.63, 3.8) is 0 Å². The smallest absolute Gasteiger partial charge is 0.0543 e. The van der Waals surface area contributed by atoms with Crippen LogP contribution in [-0.4, -0.2) is 0 Å². The highest BCUT2D eigenvalue weighted by molar-refractivity contribution is 5.95. The lowest BCUT2D eigenvalue weighted by Gasteiger charge is -2.33. The summed E-state index contributed by atoms with van der Waals surface area (Å²) < 4.78 is 0. The molecule has 0 unspecified atom stereocenters. The summed E-state index contributed by atoms with van der Waals surface area (Å²) in [6, 6.07) is 70.8. The van der Waals surface area contributed by atoms with Gasteiger partial charge < -0.3 is 9.80 Å². The largest absolute Gasteiger partial charge is 0.310 e. The third kappa shape index (κ3) is 9.05. The lowest BCUT2D eigenvalue weighted by Crippen LogP contribution is -2.18. The number of aryl methyl sites for hydroxylation is 4. The number of hydrogen-bond donors (Lipinski definition) is 0. The van der Waals surface area contributed by atoms with Crippen molar-refractivity contribution in [2.75, 3.05) is 9.80 Å². The second-order valence-electron chi connectivity index (χ2n) is 21.9. The molecule has 0 amide bonds. The molecule has 71 heavy (non-hydrogen) atoms. The summed E-state index contributed by atoms with van der Waals surface area (Å²) in [6.07, 6.45) is 19.9. The number of benzene rings is 8. The predicted octanol–water partition coefficient (Wildman–Crippen LogP) is 19.4. The molecule has 2 nitrogen and oxygen atoms in total. The van der Waals surface area contributed by atoms with Gasteiger partial charge in [-0.15, -0.1) is 0 Å². The first-order valence-corrected chi connectivity index (χ1v) is 27.4. The van der Waals surface area contributed by atoms with Gasteiger partial charge in [0.25, 0.3) is 0 Å². The summed E-state index contributed by atoms with van der Waals surface area (Å²) in [7, 11) is 0. The van der Waals surface area contributed by atoms with E-state index in [0.717, 1.165) is 25.7 Å². The zero-order valence-electron chi connectivity index (χ0n) is 42.2. The van der Waals surface area contributed by atoms with Crippen LogP contribution in [0.15, 0.2) is 182 Å². The molecule has 0 aliphatic heterocycles. The van der Waals surface area contributed by atoms with E-state index in [0.29, 0.717) is 11.8 Å². The molecule has 7 aliphatic rings. The number of anilines is 6. The van der Waals surface area contributed by atoms with E-state index >= 15 is 0 Å². The maximum absolute atomic E-state index is 2.66. The van der Waals surface area contributed by atoms with Gasteiger partial charge in [0.2, 0.25) is 0 Å². The van der Waals surface area contributed by atoms with Crippen LogP contribution in [0.3, 0.4) is 0 Å². The second-order valence-corrected chi connectivity index (χ2v) is 21.9. The van der Waals surface area contributed by atoms with E-state index in [1.807, 2.05) is 0 Å². The molecule has 0 atom stereocenters. The minimum absolute atomic E-state index is 0.139. The number of para-hydroxylation sites is 1. The third-order valence-electron chi connectivity index (χ3n) is 17.1. The van der Waals surface area contributed by atoms with Crippen LogP contribution in [0.4, 0.5) is 34.1 Å². The number of fused-ring (bicyclic) bond motifs is 3. The minimum atomic E-state index is -0.139. The summed E-state index contributed by atoms with van der Waals surface area (Å²) in [5, 5.41) is 0. The lowest BCUT2D eigenvalue weighted by atomic mass is 9.81. The van der Waals surface area contributed by atoms with Crippen LogP contribution in [0.1, 0.15) is 147 Å². The van der Waals surface area contributed by atoms with Crippen molar-refractivity contribution in [3.05, 3.63) is 226 Å². The molecule has 0 radical (unpaired) electrons. The van der Waals surface area contributed by atoms with Gasteiger partial charge in [-0.2, -0.15) is 0 Å². The first-order chi connectivity index (χ1) is 35.0. The van der Waals surface area contributed by atoms with Crippen LogP contribution in [0.2, 0.25) is 0 Å². The standard InChI is InChI=1S/C69H70N2/c1-69(2)64-28-18-17-27-61(64)63-47-62(55-23-13-7-14-24-55)68(48-65(63)69)71(60-43-39-54(40-44-60)51-19-9-4-3-5-10-20-51)67-46-50-30-34-56-33-29-49(31-35-57(67)36-32-50)45-66(56)70(58-25-15-8-16-26-58)59-41-37-53(38-42-59)52-21-11-6-12-22-52/h7-8,13-18,23-29,32-33,36-48,51-52H,3-6,9-12,19-22,30-31,34-35H2,1-2H3. The number of nitrogens with zero attached hydrogens (tertiary/aromatic N) is 2. The molecule has 8 aromatic carbocycles. The van der Waals surface area contributed by atoms with Crippen molar-refractivity contribution in [1.29, 1.82) is 0 Å². The van der Waals surface area contributed by atoms with Crippen molar-refractivity contribution in [1.82, 2.24) is 0 Å². The maximum atomic E-state index is 2.66. The van der Waals surface area contributed by atoms with E-state index in [1.54, 1.807) is 0 Å². The van der Waals surface area contributed by atoms with E-state index in [-0.39, 0.29) is 5.41 Å². The highest BCUT2D eigenvalue weighted by Crippen LogP contribution is 2.54. The van der Waals surface area contributed by atoms with Gasteiger partial charge in [-0.05, 0) is 185 Å². The Hall–Kier alpha value is -6.64. The first kappa shape index (κ1) is 45.5. The van der Waals surface area contributed by atoms with Gasteiger partial charge in [-0.25, -0.2) is 0 Å².